The molecule has 0 radical (unpaired) electrons. The molecule has 72 heavy (non-hydrogen) atoms. The summed E-state index contributed by atoms with van der Waals surface area (Å²) >= 11 is 0. The Balaban J connectivity index is 0.796. The first kappa shape index (κ1) is 50.1. The zero-order chi connectivity index (χ0) is 51.1. The van der Waals surface area contributed by atoms with Crippen molar-refractivity contribution in [3.63, 3.8) is 0 Å². The number of likely N-dealkylation sites (tertiary alicyclic amines) is 2. The van der Waals surface area contributed by atoms with Gasteiger partial charge in [0.1, 0.15) is 29.4 Å². The molecule has 0 bridgehead atoms. The molecule has 6 aromatic rings. The molecule has 4 aromatic carbocycles. The summed E-state index contributed by atoms with van der Waals surface area (Å²) in [5.74, 6) is -2.46. The van der Waals surface area contributed by atoms with Gasteiger partial charge in [0.15, 0.2) is 0 Å². The molecular weight excluding hydrogens is 950 g/mol. The first-order valence-electron chi connectivity index (χ1n) is 23.7. The van der Waals surface area contributed by atoms with E-state index in [-0.39, 0.29) is 47.0 Å². The molecule has 17 nitrogen and oxygen atoms in total. The lowest BCUT2D eigenvalue weighted by Crippen LogP contribution is -2.50. The molecule has 1 spiro atoms. The zero-order valence-electron chi connectivity index (χ0n) is 40.3. The summed E-state index contributed by atoms with van der Waals surface area (Å²) in [6, 6.07) is 20.7. The van der Waals surface area contributed by atoms with Gasteiger partial charge in [0.25, 0.3) is 11.8 Å². The van der Waals surface area contributed by atoms with Crippen LogP contribution in [-0.2, 0) is 25.9 Å². The summed E-state index contributed by atoms with van der Waals surface area (Å²) in [5, 5.41) is 5.57. The fourth-order valence-electron chi connectivity index (χ4n) is 10.1. The number of imide groups is 1. The van der Waals surface area contributed by atoms with Crippen LogP contribution in [0.25, 0.3) is 33.5 Å². The number of aromatic amines is 1. The molecule has 5 amide bonds. The Morgan fingerprint density at radius 1 is 0.903 bits per heavy atom. The van der Waals surface area contributed by atoms with Crippen LogP contribution in [0.2, 0.25) is 0 Å². The number of phosphoric ester groups is 1. The number of rotatable bonds is 13. The van der Waals surface area contributed by atoms with E-state index in [1.807, 2.05) is 23.1 Å². The predicted octanol–water partition coefficient (Wildman–Crippen LogP) is 8.49. The number of ether oxygens (including phenoxy) is 1. The van der Waals surface area contributed by atoms with Crippen molar-refractivity contribution in [2.45, 2.75) is 64.9 Å². The van der Waals surface area contributed by atoms with Crippen LogP contribution in [0.4, 0.5) is 25.0 Å². The third-order valence-corrected chi connectivity index (χ3v) is 15.0. The van der Waals surface area contributed by atoms with E-state index in [0.29, 0.717) is 57.9 Å². The Bertz CT molecular complexity index is 3140. The fourth-order valence-corrected chi connectivity index (χ4v) is 10.8. The number of fused-ring (bicyclic) bond motifs is 1. The first-order chi connectivity index (χ1) is 34.3. The molecular formula is C52H55F2N8O9P. The molecule has 0 unspecified atom stereocenters. The molecule has 9 rings (SSSR count). The number of carbonyl (C=O) groups excluding carboxylic acids is 4. The molecule has 3 saturated heterocycles. The van der Waals surface area contributed by atoms with Gasteiger partial charge in [-0.1, -0.05) is 30.3 Å². The second kappa shape index (κ2) is 20.0. The topological polar surface area (TPSA) is 220 Å². The summed E-state index contributed by atoms with van der Waals surface area (Å²) in [4.78, 5) is 88.1. The lowest BCUT2D eigenvalue weighted by molar-refractivity contribution is -0.120. The van der Waals surface area contributed by atoms with E-state index in [1.165, 1.54) is 55.9 Å². The Morgan fingerprint density at radius 2 is 1.62 bits per heavy atom. The van der Waals surface area contributed by atoms with Gasteiger partial charge >= 0.3 is 13.9 Å². The van der Waals surface area contributed by atoms with Crippen molar-refractivity contribution < 1.29 is 51.6 Å². The Hall–Kier alpha value is -6.89. The normalized spacial score (nSPS) is 16.6. The van der Waals surface area contributed by atoms with Crippen LogP contribution < -0.4 is 20.3 Å². The van der Waals surface area contributed by atoms with Gasteiger partial charge in [-0.15, -0.1) is 0 Å². The van der Waals surface area contributed by atoms with E-state index in [0.717, 1.165) is 75.1 Å². The number of anilines is 2. The average Bonchev–Trinajstić information content (AvgIpc) is 3.79. The highest BCUT2D eigenvalue weighted by molar-refractivity contribution is 7.46. The average molecular weight is 1010 g/mol. The van der Waals surface area contributed by atoms with Gasteiger partial charge in [-0.25, -0.2) is 28.1 Å². The predicted molar refractivity (Wildman–Crippen MR) is 265 cm³/mol. The van der Waals surface area contributed by atoms with Crippen molar-refractivity contribution in [1.82, 2.24) is 30.1 Å². The Morgan fingerprint density at radius 3 is 2.31 bits per heavy atom. The second-order valence-corrected chi connectivity index (χ2v) is 20.4. The number of aromatic nitrogens is 3. The second-order valence-electron chi connectivity index (χ2n) is 19.3. The van der Waals surface area contributed by atoms with Gasteiger partial charge in [-0.05, 0) is 142 Å². The molecule has 2 aromatic heterocycles. The molecule has 3 fully saturated rings. The number of piperidine rings is 2. The smallest absolute Gasteiger partial charge is 0.470 e. The van der Waals surface area contributed by atoms with Crippen LogP contribution in [0.5, 0.6) is 5.75 Å². The minimum absolute atomic E-state index is 0.0857. The number of H-pyrrole nitrogens is 1. The highest BCUT2D eigenvalue weighted by Gasteiger charge is 2.39. The number of hydrogen-bond acceptors (Lipinski definition) is 10. The van der Waals surface area contributed by atoms with E-state index in [1.54, 1.807) is 25.1 Å². The minimum atomic E-state index is -4.91. The van der Waals surface area contributed by atoms with Crippen LogP contribution >= 0.6 is 7.82 Å². The van der Waals surface area contributed by atoms with Crippen LogP contribution in [0.15, 0.2) is 85.2 Å². The number of benzene rings is 4. The van der Waals surface area contributed by atoms with Crippen LogP contribution in [-0.4, -0.2) is 105 Å². The summed E-state index contributed by atoms with van der Waals surface area (Å²) in [6.07, 6.45) is 6.40. The van der Waals surface area contributed by atoms with Crippen LogP contribution in [0.1, 0.15) is 83.4 Å². The van der Waals surface area contributed by atoms with Crippen molar-refractivity contribution in [3.05, 3.63) is 125 Å². The van der Waals surface area contributed by atoms with Crippen molar-refractivity contribution in [2.24, 2.45) is 5.41 Å². The van der Waals surface area contributed by atoms with Crippen molar-refractivity contribution >= 4 is 54.0 Å². The minimum Gasteiger partial charge on any atom is -0.495 e. The molecule has 3 aliphatic heterocycles. The van der Waals surface area contributed by atoms with Gasteiger partial charge in [-0.2, -0.15) is 0 Å². The maximum Gasteiger partial charge on any atom is 0.470 e. The van der Waals surface area contributed by atoms with Crippen LogP contribution in [0.3, 0.4) is 0 Å². The quantitative estimate of drug-likeness (QED) is 0.0688. The highest BCUT2D eigenvalue weighted by Crippen LogP contribution is 2.46. The Labute approximate surface area is 414 Å². The van der Waals surface area contributed by atoms with E-state index in [4.69, 9.17) is 9.26 Å². The molecule has 376 valence electrons. The summed E-state index contributed by atoms with van der Waals surface area (Å²) in [7, 11) is -3.40. The number of nitrogens with zero attached hydrogens (tertiary/aromatic N) is 5. The van der Waals surface area contributed by atoms with Crippen molar-refractivity contribution in [1.29, 1.82) is 0 Å². The van der Waals surface area contributed by atoms with E-state index < -0.39 is 37.0 Å². The van der Waals surface area contributed by atoms with Gasteiger partial charge < -0.3 is 34.6 Å². The SMILES string of the molecule is COc1ccc(C(=O)N2CCC3(CCN(CCc4ccc(-c5cc6c(-c7cc(F)cc(NC(=O)c8ccc(C(C)(C)OP(=O)(O)O)cc8F)c7C)ncnc6[nH]5)cc4)CC3)CC2)cc1N1CCC(=O)NC1=O. The lowest BCUT2D eigenvalue weighted by Gasteiger charge is -2.47. The van der Waals surface area contributed by atoms with Gasteiger partial charge in [0.2, 0.25) is 5.91 Å². The zero-order valence-corrected chi connectivity index (χ0v) is 41.2. The maximum atomic E-state index is 15.3. The first-order valence-corrected chi connectivity index (χ1v) is 25.2. The monoisotopic (exact) mass is 1000 g/mol. The van der Waals surface area contributed by atoms with Crippen molar-refractivity contribution in [3.8, 4) is 28.3 Å². The third kappa shape index (κ3) is 10.7. The summed E-state index contributed by atoms with van der Waals surface area (Å²) < 4.78 is 52.4. The van der Waals surface area contributed by atoms with E-state index in [2.05, 4.69) is 42.6 Å². The summed E-state index contributed by atoms with van der Waals surface area (Å²) in [5.41, 5.74) is 4.06. The van der Waals surface area contributed by atoms with Gasteiger partial charge in [0, 0.05) is 60.5 Å². The van der Waals surface area contributed by atoms with Gasteiger partial charge in [-0.3, -0.25) is 29.1 Å². The number of methoxy groups -OCH3 is 1. The fraction of sp³-hybridized carbons (Fsp3) is 0.346. The van der Waals surface area contributed by atoms with Gasteiger partial charge in [0.05, 0.1) is 29.7 Å². The third-order valence-electron chi connectivity index (χ3n) is 14.3. The largest absolute Gasteiger partial charge is 0.495 e. The maximum absolute atomic E-state index is 15.3. The lowest BCUT2D eigenvalue weighted by atomic mass is 9.71. The molecule has 5 N–H and O–H groups in total. The van der Waals surface area contributed by atoms with Crippen molar-refractivity contribution in [2.75, 3.05) is 56.6 Å². The molecule has 20 heteroatoms. The number of nitrogens with one attached hydrogen (secondary N) is 3. The number of phosphoric acid groups is 1. The number of amides is 5. The number of urea groups is 1. The standard InChI is InChI=1S/C52H55F2N8O9P/c1-31-38(27-36(53)28-41(31)58-48(64)37-11-10-35(26-40(37)54)51(2,3)71-72(67,68)69)46-39-29-42(57-47(39)56-30-55-46)33-7-5-32(6-8-33)13-19-60-21-15-52(16-22-60)17-23-61(24-18-52)49(65)34-9-12-44(70-4)43(25-34)62-20-14-45(63)59-50(62)66/h5-12,25-30H,13-24H2,1-4H3,(H,58,64)(H,55,56,57)(H,59,63,66)(H2,67,68,69). The molecule has 0 aliphatic carbocycles. The number of hydrogen-bond donors (Lipinski definition) is 5. The summed E-state index contributed by atoms with van der Waals surface area (Å²) in [6.45, 7) is 8.81. The molecule has 0 saturated carbocycles. The molecule has 3 aliphatic rings. The van der Waals surface area contributed by atoms with Crippen LogP contribution in [0, 0.1) is 24.0 Å². The Kier molecular flexibility index (Phi) is 13.9. The highest BCUT2D eigenvalue weighted by atomic mass is 31.2. The molecule has 0 atom stereocenters. The number of carbonyl (C=O) groups is 4. The molecule has 5 heterocycles. The van der Waals surface area contributed by atoms with E-state index in [9.17, 15) is 33.5 Å². The number of halogens is 2. The van der Waals surface area contributed by atoms with E-state index >= 15 is 8.78 Å².